The highest BCUT2D eigenvalue weighted by atomic mass is 16.1. The summed E-state index contributed by atoms with van der Waals surface area (Å²) >= 11 is 0. The van der Waals surface area contributed by atoms with Gasteiger partial charge >= 0.3 is 0 Å². The number of rotatable bonds is 3. The summed E-state index contributed by atoms with van der Waals surface area (Å²) in [5.74, 6) is 0.592. The molecule has 1 aromatic heterocycles. The van der Waals surface area contributed by atoms with Gasteiger partial charge in [0.05, 0.1) is 5.52 Å². The van der Waals surface area contributed by atoms with Crippen molar-refractivity contribution in [2.45, 2.75) is 20.3 Å². The summed E-state index contributed by atoms with van der Waals surface area (Å²) in [5, 5.41) is 1.07. The molecule has 2 heteroatoms. The van der Waals surface area contributed by atoms with E-state index in [1.807, 2.05) is 30.3 Å². The molecule has 2 aromatic rings. The number of Topliss-reactive ketones (excluding diaryl/α,β-unsaturated/α-hetero) is 1. The fraction of sp³-hybridized carbons (Fsp3) is 0.286. The van der Waals surface area contributed by atoms with Crippen molar-refractivity contribution in [2.75, 3.05) is 0 Å². The lowest BCUT2D eigenvalue weighted by atomic mass is 10.0. The van der Waals surface area contributed by atoms with Gasteiger partial charge in [-0.05, 0) is 18.1 Å². The van der Waals surface area contributed by atoms with Gasteiger partial charge in [0.1, 0.15) is 0 Å². The normalized spacial score (nSPS) is 10.9. The number of benzene rings is 1. The first-order valence-corrected chi connectivity index (χ1v) is 5.55. The van der Waals surface area contributed by atoms with Crippen molar-refractivity contribution in [2.24, 2.45) is 5.92 Å². The number of carbonyl (C=O) groups excluding carboxylic acids is 1. The summed E-state index contributed by atoms with van der Waals surface area (Å²) in [6.45, 7) is 4.11. The number of carbonyl (C=O) groups is 1. The van der Waals surface area contributed by atoms with Gasteiger partial charge in [-0.15, -0.1) is 0 Å². The van der Waals surface area contributed by atoms with E-state index >= 15 is 0 Å². The monoisotopic (exact) mass is 213 g/mol. The van der Waals surface area contributed by atoms with E-state index in [4.69, 9.17) is 0 Å². The summed E-state index contributed by atoms with van der Waals surface area (Å²) in [5.41, 5.74) is 1.65. The van der Waals surface area contributed by atoms with E-state index in [1.54, 1.807) is 6.20 Å². The SMILES string of the molecule is CC(C)CC(=O)c1ccc2cccnc2c1. The van der Waals surface area contributed by atoms with Crippen molar-refractivity contribution in [1.29, 1.82) is 0 Å². The maximum Gasteiger partial charge on any atom is 0.163 e. The van der Waals surface area contributed by atoms with E-state index in [0.29, 0.717) is 12.3 Å². The van der Waals surface area contributed by atoms with Gasteiger partial charge in [0, 0.05) is 23.6 Å². The van der Waals surface area contributed by atoms with Gasteiger partial charge in [0.25, 0.3) is 0 Å². The third kappa shape index (κ3) is 2.27. The first-order valence-electron chi connectivity index (χ1n) is 5.55. The molecule has 0 N–H and O–H groups in total. The van der Waals surface area contributed by atoms with Crippen molar-refractivity contribution in [3.8, 4) is 0 Å². The van der Waals surface area contributed by atoms with Crippen LogP contribution < -0.4 is 0 Å². The Labute approximate surface area is 95.3 Å². The van der Waals surface area contributed by atoms with Crippen molar-refractivity contribution in [1.82, 2.24) is 4.98 Å². The third-order valence-corrected chi connectivity index (χ3v) is 2.52. The first kappa shape index (κ1) is 10.8. The maximum absolute atomic E-state index is 11.9. The molecule has 2 rings (SSSR count). The lowest BCUT2D eigenvalue weighted by Crippen LogP contribution is -2.03. The van der Waals surface area contributed by atoms with E-state index in [9.17, 15) is 4.79 Å². The highest BCUT2D eigenvalue weighted by Crippen LogP contribution is 2.16. The lowest BCUT2D eigenvalue weighted by molar-refractivity contribution is 0.0968. The minimum Gasteiger partial charge on any atom is -0.294 e. The Hall–Kier alpha value is -1.70. The summed E-state index contributed by atoms with van der Waals surface area (Å²) in [4.78, 5) is 16.1. The van der Waals surface area contributed by atoms with Crippen LogP contribution in [-0.2, 0) is 0 Å². The number of hydrogen-bond acceptors (Lipinski definition) is 2. The average molecular weight is 213 g/mol. The molecule has 0 atom stereocenters. The van der Waals surface area contributed by atoms with Gasteiger partial charge < -0.3 is 0 Å². The molecule has 0 aliphatic heterocycles. The quantitative estimate of drug-likeness (QED) is 0.731. The van der Waals surface area contributed by atoms with Crippen molar-refractivity contribution in [3.05, 3.63) is 42.1 Å². The van der Waals surface area contributed by atoms with Crippen LogP contribution in [0.2, 0.25) is 0 Å². The van der Waals surface area contributed by atoms with Gasteiger partial charge in [0.2, 0.25) is 0 Å². The lowest BCUT2D eigenvalue weighted by Gasteiger charge is -2.04. The molecule has 0 unspecified atom stereocenters. The molecule has 0 aliphatic carbocycles. The standard InChI is InChI=1S/C14H15NO/c1-10(2)8-14(16)12-6-5-11-4-3-7-15-13(11)9-12/h3-7,9-10H,8H2,1-2H3. The number of aromatic nitrogens is 1. The second-order valence-corrected chi connectivity index (χ2v) is 4.43. The van der Waals surface area contributed by atoms with E-state index in [0.717, 1.165) is 16.5 Å². The first-order chi connectivity index (χ1) is 7.66. The van der Waals surface area contributed by atoms with E-state index in [-0.39, 0.29) is 5.78 Å². The molecule has 1 heterocycles. The molecule has 0 bridgehead atoms. The predicted octanol–water partition coefficient (Wildman–Crippen LogP) is 3.46. The van der Waals surface area contributed by atoms with Gasteiger partial charge in [-0.25, -0.2) is 0 Å². The van der Waals surface area contributed by atoms with Crippen LogP contribution in [0.4, 0.5) is 0 Å². The van der Waals surface area contributed by atoms with Gasteiger partial charge in [-0.2, -0.15) is 0 Å². The van der Waals surface area contributed by atoms with E-state index in [1.165, 1.54) is 0 Å². The number of hydrogen-bond donors (Lipinski definition) is 0. The van der Waals surface area contributed by atoms with Crippen LogP contribution in [0.1, 0.15) is 30.6 Å². The Morgan fingerprint density at radius 3 is 2.88 bits per heavy atom. The average Bonchev–Trinajstić information content (AvgIpc) is 2.27. The Morgan fingerprint density at radius 2 is 2.12 bits per heavy atom. The molecule has 0 amide bonds. The predicted molar refractivity (Wildman–Crippen MR) is 65.5 cm³/mol. The molecular formula is C14H15NO. The summed E-state index contributed by atoms with van der Waals surface area (Å²) < 4.78 is 0. The van der Waals surface area contributed by atoms with Gasteiger partial charge in [-0.1, -0.05) is 32.0 Å². The minimum absolute atomic E-state index is 0.197. The smallest absolute Gasteiger partial charge is 0.163 e. The fourth-order valence-corrected chi connectivity index (χ4v) is 1.73. The summed E-state index contributed by atoms with van der Waals surface area (Å²) in [6.07, 6.45) is 2.34. The summed E-state index contributed by atoms with van der Waals surface area (Å²) in [7, 11) is 0. The van der Waals surface area contributed by atoms with Gasteiger partial charge in [0.15, 0.2) is 5.78 Å². The largest absolute Gasteiger partial charge is 0.294 e. The van der Waals surface area contributed by atoms with Crippen LogP contribution in [0, 0.1) is 5.92 Å². The molecule has 2 nitrogen and oxygen atoms in total. The highest BCUT2D eigenvalue weighted by molar-refractivity contribution is 5.99. The minimum atomic E-state index is 0.197. The zero-order chi connectivity index (χ0) is 11.5. The molecule has 82 valence electrons. The Kier molecular flexibility index (Phi) is 3.00. The second-order valence-electron chi connectivity index (χ2n) is 4.43. The van der Waals surface area contributed by atoms with Crippen LogP contribution in [0.3, 0.4) is 0 Å². The number of nitrogens with zero attached hydrogens (tertiary/aromatic N) is 1. The van der Waals surface area contributed by atoms with Crippen LogP contribution >= 0.6 is 0 Å². The molecule has 1 aromatic carbocycles. The second kappa shape index (κ2) is 4.44. The maximum atomic E-state index is 11.9. The zero-order valence-electron chi connectivity index (χ0n) is 9.60. The van der Waals surface area contributed by atoms with Crippen molar-refractivity contribution in [3.63, 3.8) is 0 Å². The fourth-order valence-electron chi connectivity index (χ4n) is 1.73. The Bertz CT molecular complexity index is 517. The van der Waals surface area contributed by atoms with E-state index < -0.39 is 0 Å². The van der Waals surface area contributed by atoms with Crippen LogP contribution in [0.25, 0.3) is 10.9 Å². The van der Waals surface area contributed by atoms with Crippen LogP contribution in [0.5, 0.6) is 0 Å². The number of fused-ring (bicyclic) bond motifs is 1. The number of pyridine rings is 1. The molecule has 0 saturated heterocycles. The highest BCUT2D eigenvalue weighted by Gasteiger charge is 2.08. The molecule has 0 aliphatic rings. The van der Waals surface area contributed by atoms with E-state index in [2.05, 4.69) is 18.8 Å². The summed E-state index contributed by atoms with van der Waals surface area (Å²) in [6, 6.07) is 9.61. The molecule has 0 radical (unpaired) electrons. The molecule has 0 saturated carbocycles. The molecular weight excluding hydrogens is 198 g/mol. The van der Waals surface area contributed by atoms with Crippen molar-refractivity contribution >= 4 is 16.7 Å². The topological polar surface area (TPSA) is 30.0 Å². The Morgan fingerprint density at radius 1 is 1.31 bits per heavy atom. The molecule has 16 heavy (non-hydrogen) atoms. The van der Waals surface area contributed by atoms with Crippen LogP contribution in [-0.4, -0.2) is 10.8 Å². The van der Waals surface area contributed by atoms with Crippen LogP contribution in [0.15, 0.2) is 36.5 Å². The van der Waals surface area contributed by atoms with Gasteiger partial charge in [-0.3, -0.25) is 9.78 Å². The molecule has 0 fully saturated rings. The Balaban J connectivity index is 2.35. The molecule has 0 spiro atoms. The number of ketones is 1. The third-order valence-electron chi connectivity index (χ3n) is 2.52. The zero-order valence-corrected chi connectivity index (χ0v) is 9.60. The van der Waals surface area contributed by atoms with Crippen molar-refractivity contribution < 1.29 is 4.79 Å².